The summed E-state index contributed by atoms with van der Waals surface area (Å²) in [5, 5.41) is 15.0. The predicted octanol–water partition coefficient (Wildman–Crippen LogP) is 11.5. The number of carbonyl (C=O) groups excluding carboxylic acids is 2. The zero-order chi connectivity index (χ0) is 45.0. The number of amides is 2. The van der Waals surface area contributed by atoms with E-state index in [4.69, 9.17) is 47.4 Å². The number of rotatable bonds is 16. The average Bonchev–Trinajstić information content (AvgIpc) is 3.64. The van der Waals surface area contributed by atoms with Crippen molar-refractivity contribution in [2.24, 2.45) is 0 Å². The number of methoxy groups -OCH3 is 2. The van der Waals surface area contributed by atoms with Crippen LogP contribution in [0.1, 0.15) is 36.8 Å². The lowest BCUT2D eigenvalue weighted by Crippen LogP contribution is -2.48. The molecule has 2 heterocycles. The van der Waals surface area contributed by atoms with E-state index in [0.717, 1.165) is 88.7 Å². The maximum atomic E-state index is 14.3. The van der Waals surface area contributed by atoms with Gasteiger partial charge in [-0.2, -0.15) is 0 Å². The molecule has 0 radical (unpaired) electrons. The van der Waals surface area contributed by atoms with Gasteiger partial charge in [0.2, 0.25) is 5.91 Å². The van der Waals surface area contributed by atoms with E-state index in [1.165, 1.54) is 0 Å². The molecule has 0 aliphatic heterocycles. The van der Waals surface area contributed by atoms with E-state index in [2.05, 4.69) is 40.2 Å². The number of nitrogens with zero attached hydrogens (tertiary/aromatic N) is 3. The van der Waals surface area contributed by atoms with Crippen LogP contribution >= 0.6 is 23.2 Å². The topological polar surface area (TPSA) is 127 Å². The van der Waals surface area contributed by atoms with Gasteiger partial charge in [0.1, 0.15) is 24.1 Å². The van der Waals surface area contributed by atoms with Crippen molar-refractivity contribution < 1.29 is 23.8 Å². The van der Waals surface area contributed by atoms with Crippen LogP contribution in [0, 0.1) is 0 Å². The fourth-order valence-electron chi connectivity index (χ4n) is 8.88. The van der Waals surface area contributed by atoms with Gasteiger partial charge in [0, 0.05) is 63.7 Å². The minimum atomic E-state index is -0.845. The molecule has 0 unspecified atom stereocenters. The number of aromatic nitrogens is 2. The molecular formula is C52H48Cl2N6O5. The average molecular weight is 908 g/mol. The Bertz CT molecular complexity index is 2910. The van der Waals surface area contributed by atoms with Crippen LogP contribution in [0.2, 0.25) is 10.0 Å². The van der Waals surface area contributed by atoms with E-state index in [9.17, 15) is 9.59 Å². The highest BCUT2D eigenvalue weighted by molar-refractivity contribution is 6.32. The van der Waals surface area contributed by atoms with Gasteiger partial charge in [0.05, 0.1) is 47.7 Å². The quantitative estimate of drug-likeness (QED) is 0.0641. The number of halogens is 2. The summed E-state index contributed by atoms with van der Waals surface area (Å²) < 4.78 is 17.0. The van der Waals surface area contributed by atoms with Crippen molar-refractivity contribution in [2.75, 3.05) is 57.6 Å². The fourth-order valence-corrected chi connectivity index (χ4v) is 9.21. The molecule has 6 aromatic carbocycles. The number of ether oxygens (including phenoxy) is 3. The molecule has 11 nitrogen and oxygen atoms in total. The zero-order valence-electron chi connectivity index (χ0n) is 36.3. The molecule has 9 rings (SSSR count). The number of carbonyl (C=O) groups is 2. The van der Waals surface area contributed by atoms with Gasteiger partial charge in [0.15, 0.2) is 0 Å². The largest absolute Gasteiger partial charge is 0.497 e. The molecule has 0 saturated carbocycles. The second kappa shape index (κ2) is 19.1. The Morgan fingerprint density at radius 2 is 1.12 bits per heavy atom. The van der Waals surface area contributed by atoms with Gasteiger partial charge in [-0.15, -0.1) is 0 Å². The molecule has 0 fully saturated rings. The standard InChI is InChI=1S/C52H48Cl2N6O5/c1-31(57-52(62)65-30-44-38-12-6-4-10-36(38)37-11-5-7-13-39(37)44)51(61)60(24-8-22-55-49-40-18-14-32(53)26-47(40)58-45-20-16-34(63-2)28-42(45)49)25-9-23-56-50-41-19-15-33(54)27-48(41)59-46-21-17-35(64-3)29-43(46)50/h4-7,10-21,26-29,31,44H,8-9,22-25,30H2,1-3H3,(H,55,58)(H,56,59)(H,57,62)/t31-/m0/s1. The summed E-state index contributed by atoms with van der Waals surface area (Å²) in [6, 6.07) is 38.5. The maximum absolute atomic E-state index is 14.3. The van der Waals surface area contributed by atoms with Crippen molar-refractivity contribution in [1.29, 1.82) is 0 Å². The molecule has 1 aliphatic carbocycles. The summed E-state index contributed by atoms with van der Waals surface area (Å²) >= 11 is 12.8. The molecule has 330 valence electrons. The molecule has 0 bridgehead atoms. The van der Waals surface area contributed by atoms with Crippen LogP contribution in [0.25, 0.3) is 54.7 Å². The third-order valence-electron chi connectivity index (χ3n) is 12.1. The van der Waals surface area contributed by atoms with Crippen molar-refractivity contribution in [1.82, 2.24) is 20.2 Å². The number of anilines is 2. The lowest BCUT2D eigenvalue weighted by molar-refractivity contribution is -0.133. The van der Waals surface area contributed by atoms with Crippen LogP contribution in [-0.2, 0) is 9.53 Å². The smallest absolute Gasteiger partial charge is 0.407 e. The molecule has 1 aliphatic rings. The Morgan fingerprint density at radius 1 is 0.631 bits per heavy atom. The molecule has 65 heavy (non-hydrogen) atoms. The van der Waals surface area contributed by atoms with Crippen LogP contribution in [0.3, 0.4) is 0 Å². The lowest BCUT2D eigenvalue weighted by Gasteiger charge is -2.27. The summed E-state index contributed by atoms with van der Waals surface area (Å²) in [5.41, 5.74) is 9.47. The van der Waals surface area contributed by atoms with E-state index in [0.29, 0.717) is 49.1 Å². The van der Waals surface area contributed by atoms with Gasteiger partial charge >= 0.3 is 6.09 Å². The Hall–Kier alpha value is -6.82. The van der Waals surface area contributed by atoms with Crippen molar-refractivity contribution in [2.45, 2.75) is 31.7 Å². The molecule has 0 spiro atoms. The van der Waals surface area contributed by atoms with Gasteiger partial charge in [-0.1, -0.05) is 71.7 Å². The zero-order valence-corrected chi connectivity index (χ0v) is 37.8. The third kappa shape index (κ3) is 9.12. The summed E-state index contributed by atoms with van der Waals surface area (Å²) in [6.07, 6.45) is 0.578. The van der Waals surface area contributed by atoms with E-state index in [1.54, 1.807) is 21.1 Å². The monoisotopic (exact) mass is 906 g/mol. The van der Waals surface area contributed by atoms with E-state index in [1.807, 2.05) is 102 Å². The molecule has 13 heteroatoms. The van der Waals surface area contributed by atoms with E-state index >= 15 is 0 Å². The highest BCUT2D eigenvalue weighted by Gasteiger charge is 2.30. The SMILES string of the molecule is COc1ccc2nc3cc(Cl)ccc3c(NCCCN(CCCNc3c4ccc(Cl)cc4nc4ccc(OC)cc34)C(=O)[C@H](C)NC(=O)OCC3c4ccccc4-c4ccccc43)c2c1. The minimum absolute atomic E-state index is 0.101. The van der Waals surface area contributed by atoms with Crippen molar-refractivity contribution >= 4 is 90.2 Å². The van der Waals surface area contributed by atoms with E-state index < -0.39 is 12.1 Å². The second-order valence-corrected chi connectivity index (χ2v) is 17.0. The second-order valence-electron chi connectivity index (χ2n) is 16.1. The van der Waals surface area contributed by atoms with Crippen LogP contribution in [-0.4, -0.2) is 79.9 Å². The first-order chi connectivity index (χ1) is 31.7. The normalized spacial score (nSPS) is 12.5. The first-order valence-electron chi connectivity index (χ1n) is 21.7. The number of pyridine rings is 2. The highest BCUT2D eigenvalue weighted by Crippen LogP contribution is 2.44. The van der Waals surface area contributed by atoms with Crippen molar-refractivity contribution in [3.63, 3.8) is 0 Å². The first-order valence-corrected chi connectivity index (χ1v) is 22.5. The molecule has 8 aromatic rings. The number of benzene rings is 6. The molecule has 2 amide bonds. The lowest BCUT2D eigenvalue weighted by atomic mass is 9.98. The van der Waals surface area contributed by atoms with Crippen molar-refractivity contribution in [3.8, 4) is 22.6 Å². The Labute approximate surface area is 387 Å². The highest BCUT2D eigenvalue weighted by atomic mass is 35.5. The molecular weight excluding hydrogens is 860 g/mol. The van der Waals surface area contributed by atoms with E-state index in [-0.39, 0.29) is 18.4 Å². The van der Waals surface area contributed by atoms with Crippen LogP contribution in [0.4, 0.5) is 16.2 Å². The maximum Gasteiger partial charge on any atom is 0.407 e. The van der Waals surface area contributed by atoms with Gasteiger partial charge in [0.25, 0.3) is 0 Å². The molecule has 1 atom stereocenters. The summed E-state index contributed by atoms with van der Waals surface area (Å²) in [7, 11) is 3.28. The Balaban J connectivity index is 0.909. The molecule has 2 aromatic heterocycles. The molecule has 3 N–H and O–H groups in total. The third-order valence-corrected chi connectivity index (χ3v) is 12.5. The van der Waals surface area contributed by atoms with Crippen LogP contribution in [0.5, 0.6) is 11.5 Å². The summed E-state index contributed by atoms with van der Waals surface area (Å²) in [5.74, 6) is 1.12. The number of alkyl carbamates (subject to hydrolysis) is 1. The number of hydrogen-bond donors (Lipinski definition) is 3. The number of fused-ring (bicyclic) bond motifs is 7. The van der Waals surface area contributed by atoms with Crippen LogP contribution < -0.4 is 25.4 Å². The first kappa shape index (κ1) is 43.4. The predicted molar refractivity (Wildman–Crippen MR) is 262 cm³/mol. The van der Waals surface area contributed by atoms with Gasteiger partial charge in [-0.05, 0) is 115 Å². The number of hydrogen-bond acceptors (Lipinski definition) is 9. The Kier molecular flexibility index (Phi) is 12.8. The van der Waals surface area contributed by atoms with Gasteiger partial charge in [-0.3, -0.25) is 4.79 Å². The Morgan fingerprint density at radius 3 is 1.62 bits per heavy atom. The summed E-state index contributed by atoms with van der Waals surface area (Å²) in [6.45, 7) is 3.79. The van der Waals surface area contributed by atoms with Crippen molar-refractivity contribution in [3.05, 3.63) is 142 Å². The van der Waals surface area contributed by atoms with Gasteiger partial charge < -0.3 is 35.1 Å². The minimum Gasteiger partial charge on any atom is -0.497 e. The molecule has 0 saturated heterocycles. The number of nitrogens with one attached hydrogen (secondary N) is 3. The summed E-state index contributed by atoms with van der Waals surface area (Å²) in [4.78, 5) is 39.3. The van der Waals surface area contributed by atoms with Crippen LogP contribution in [0.15, 0.2) is 121 Å². The fraction of sp³-hybridized carbons (Fsp3) is 0.231. The van der Waals surface area contributed by atoms with Gasteiger partial charge in [-0.25, -0.2) is 14.8 Å².